The third-order valence-corrected chi connectivity index (χ3v) is 9.10. The first-order valence-corrected chi connectivity index (χ1v) is 14.8. The Morgan fingerprint density at radius 1 is 1.21 bits per heavy atom. The second-order valence-corrected chi connectivity index (χ2v) is 12.2. The fourth-order valence-electron chi connectivity index (χ4n) is 4.75. The summed E-state index contributed by atoms with van der Waals surface area (Å²) < 4.78 is 26.2. The molecule has 0 aliphatic heterocycles. The lowest BCUT2D eigenvalue weighted by atomic mass is 9.95. The number of carboxylic acids is 1. The van der Waals surface area contributed by atoms with Gasteiger partial charge in [-0.25, -0.2) is 18.9 Å². The lowest BCUT2D eigenvalue weighted by molar-refractivity contribution is 0.0691. The molecule has 0 bridgehead atoms. The molecule has 4 N–H and O–H groups in total. The van der Waals surface area contributed by atoms with Gasteiger partial charge in [0.2, 0.25) is 10.0 Å². The molecule has 2 aromatic heterocycles. The van der Waals surface area contributed by atoms with E-state index in [4.69, 9.17) is 21.8 Å². The Hall–Kier alpha value is -2.76. The zero-order valence-electron chi connectivity index (χ0n) is 20.2. The predicted molar refractivity (Wildman–Crippen MR) is 147 cm³/mol. The van der Waals surface area contributed by atoms with E-state index in [0.29, 0.717) is 33.0 Å². The summed E-state index contributed by atoms with van der Waals surface area (Å²) >= 11 is 6.22. The van der Waals surface area contributed by atoms with E-state index in [1.165, 1.54) is 22.8 Å². The topological polar surface area (TPSA) is 114 Å². The van der Waals surface area contributed by atoms with Gasteiger partial charge in [-0.15, -0.1) is 16.5 Å². The molecule has 0 amide bonds. The van der Waals surface area contributed by atoms with Gasteiger partial charge in [0.05, 0.1) is 11.4 Å². The summed E-state index contributed by atoms with van der Waals surface area (Å²) in [5, 5.41) is 22.5. The van der Waals surface area contributed by atoms with Gasteiger partial charge in [0, 0.05) is 29.0 Å². The van der Waals surface area contributed by atoms with E-state index in [1.807, 2.05) is 12.1 Å². The number of carboxylic acid groups (broad SMARTS) is 1. The van der Waals surface area contributed by atoms with Gasteiger partial charge in [-0.05, 0) is 79.3 Å². The molecule has 2 aliphatic rings. The van der Waals surface area contributed by atoms with Crippen molar-refractivity contribution in [3.05, 3.63) is 80.7 Å². The molecule has 11 heteroatoms. The smallest absolute Gasteiger partial charge is 0.355 e. The summed E-state index contributed by atoms with van der Waals surface area (Å²) in [5.41, 5.74) is 5.06. The number of rotatable bonds is 9. The van der Waals surface area contributed by atoms with Crippen molar-refractivity contribution in [2.24, 2.45) is 11.1 Å². The van der Waals surface area contributed by atoms with Gasteiger partial charge in [-0.2, -0.15) is 9.65 Å². The summed E-state index contributed by atoms with van der Waals surface area (Å²) in [5.74, 6) is -0.539. The minimum absolute atomic E-state index is 0.0256. The highest BCUT2D eigenvalue weighted by molar-refractivity contribution is 7.89. The molecule has 4 aromatic rings. The second-order valence-electron chi connectivity index (χ2n) is 9.92. The van der Waals surface area contributed by atoms with Gasteiger partial charge >= 0.3 is 5.97 Å². The van der Waals surface area contributed by atoms with Gasteiger partial charge in [0.15, 0.2) is 5.69 Å². The zero-order valence-corrected chi connectivity index (χ0v) is 22.6. The van der Waals surface area contributed by atoms with Crippen LogP contribution in [0.2, 0.25) is 5.02 Å². The average Bonchev–Trinajstić information content (AvgIpc) is 3.80. The summed E-state index contributed by atoms with van der Waals surface area (Å²) in [7, 11) is 0. The number of aromatic nitrogens is 3. The van der Waals surface area contributed by atoms with Crippen molar-refractivity contribution >= 4 is 40.3 Å². The van der Waals surface area contributed by atoms with E-state index in [9.17, 15) is 18.8 Å². The molecule has 38 heavy (non-hydrogen) atoms. The Morgan fingerprint density at radius 3 is 2.63 bits per heavy atom. The highest BCUT2D eigenvalue weighted by atomic mass is 35.5. The van der Waals surface area contributed by atoms with Crippen LogP contribution < -0.4 is 5.14 Å². The van der Waals surface area contributed by atoms with Crippen molar-refractivity contribution in [2.75, 3.05) is 0 Å². The molecule has 0 spiro atoms. The predicted octanol–water partition coefficient (Wildman–Crippen LogP) is 6.23. The van der Waals surface area contributed by atoms with Crippen LogP contribution in [0.3, 0.4) is 0 Å². The number of halogens is 2. The molecule has 2 aromatic carbocycles. The first kappa shape index (κ1) is 25.5. The lowest BCUT2D eigenvalue weighted by Gasteiger charge is -2.10. The van der Waals surface area contributed by atoms with Gasteiger partial charge < -0.3 is 5.11 Å². The quantitative estimate of drug-likeness (QED) is 0.205. The molecule has 196 valence electrons. The van der Waals surface area contributed by atoms with Crippen LogP contribution in [-0.2, 0) is 24.2 Å². The number of nitrogens with zero attached hydrogens (tertiary/aromatic N) is 3. The highest BCUT2D eigenvalue weighted by Gasteiger charge is 2.31. The van der Waals surface area contributed by atoms with Gasteiger partial charge in [0.25, 0.3) is 11.4 Å². The van der Waals surface area contributed by atoms with Crippen LogP contribution in [0.25, 0.3) is 16.4 Å². The molecule has 1 atom stereocenters. The number of carbonyl (C=O) groups is 1. The third kappa shape index (κ3) is 5.11. The van der Waals surface area contributed by atoms with E-state index in [2.05, 4.69) is 4.98 Å². The second kappa shape index (κ2) is 10.1. The van der Waals surface area contributed by atoms with Gasteiger partial charge in [-0.1, -0.05) is 17.7 Å². The minimum Gasteiger partial charge on any atom is -0.476 e. The standard InChI is InChI=1S/C27H24ClFN4O3S2/c28-20-10-15(3-8-24(20)38(30)36)9-19-23(11-14-1-2-14)33(27-31-22(13-37-27)26(34)35)32-25(19)17-6-7-21(29)18(12-17)16-4-5-16/h3,6-8,10,12-14,16,36H,1-2,4-5,9,11,30H2/p+1. The number of aromatic carboxylic acids is 1. The monoisotopic (exact) mass is 571 g/mol. The Morgan fingerprint density at radius 2 is 2.00 bits per heavy atom. The number of thiazole rings is 1. The van der Waals surface area contributed by atoms with Crippen LogP contribution in [0.4, 0.5) is 4.39 Å². The van der Waals surface area contributed by atoms with Crippen LogP contribution in [-0.4, -0.2) is 30.4 Å². The maximum atomic E-state index is 14.6. The summed E-state index contributed by atoms with van der Waals surface area (Å²) in [6.07, 6.45) is 5.46. The Labute approximate surface area is 230 Å². The molecular formula is C27H25ClFN4O3S2+. The molecule has 1 unspecified atom stereocenters. The Balaban J connectivity index is 1.51. The normalized spacial score (nSPS) is 16.1. The molecule has 7 nitrogen and oxygen atoms in total. The van der Waals surface area contributed by atoms with E-state index < -0.39 is 17.3 Å². The van der Waals surface area contributed by atoms with E-state index in [1.54, 1.807) is 22.9 Å². The number of hydrogen-bond donors (Lipinski definition) is 3. The van der Waals surface area contributed by atoms with Crippen molar-refractivity contribution < 1.29 is 18.8 Å². The fourth-order valence-corrected chi connectivity index (χ4v) is 6.43. The molecule has 0 radical (unpaired) electrons. The molecule has 0 saturated heterocycles. The summed E-state index contributed by atoms with van der Waals surface area (Å²) in [4.78, 5) is 16.3. The van der Waals surface area contributed by atoms with Crippen molar-refractivity contribution in [1.29, 1.82) is 0 Å². The molecule has 2 fully saturated rings. The van der Waals surface area contributed by atoms with Crippen LogP contribution in [0.5, 0.6) is 0 Å². The van der Waals surface area contributed by atoms with Crippen LogP contribution in [0.15, 0.2) is 46.7 Å². The van der Waals surface area contributed by atoms with Gasteiger partial charge in [-0.3, -0.25) is 0 Å². The van der Waals surface area contributed by atoms with Crippen LogP contribution >= 0.6 is 22.9 Å². The number of benzene rings is 2. The maximum absolute atomic E-state index is 14.6. The summed E-state index contributed by atoms with van der Waals surface area (Å²) in [6, 6.07) is 10.6. The van der Waals surface area contributed by atoms with Crippen molar-refractivity contribution in [3.63, 3.8) is 0 Å². The molecular weight excluding hydrogens is 547 g/mol. The zero-order chi connectivity index (χ0) is 26.6. The SMILES string of the molecule is N[S+](O)c1ccc(Cc2c(-c3ccc(F)c(C4CC4)c3)nn(-c3nc(C(=O)O)cs3)c2CC2CC2)cc1Cl. The Kier molecular flexibility index (Phi) is 6.77. The first-order chi connectivity index (χ1) is 18.3. The molecule has 2 aliphatic carbocycles. The largest absolute Gasteiger partial charge is 0.476 e. The summed E-state index contributed by atoms with van der Waals surface area (Å²) in [6.45, 7) is 0. The number of nitrogens with two attached hydrogens (primary N) is 1. The van der Waals surface area contributed by atoms with Crippen molar-refractivity contribution in [1.82, 2.24) is 14.8 Å². The molecule has 2 heterocycles. The van der Waals surface area contributed by atoms with Crippen molar-refractivity contribution in [2.45, 2.75) is 49.3 Å². The highest BCUT2D eigenvalue weighted by Crippen LogP contribution is 2.44. The minimum atomic E-state index is -1.45. The van der Waals surface area contributed by atoms with E-state index in [0.717, 1.165) is 60.2 Å². The molecule has 2 saturated carbocycles. The first-order valence-electron chi connectivity index (χ1n) is 12.3. The number of hydrogen-bond acceptors (Lipinski definition) is 6. The van der Waals surface area contributed by atoms with E-state index >= 15 is 0 Å². The van der Waals surface area contributed by atoms with Gasteiger partial charge in [0.1, 0.15) is 10.8 Å². The molecule has 6 rings (SSSR count). The van der Waals surface area contributed by atoms with E-state index in [-0.39, 0.29) is 17.4 Å². The maximum Gasteiger partial charge on any atom is 0.355 e. The Bertz CT molecular complexity index is 1550. The third-order valence-electron chi connectivity index (χ3n) is 7.05. The van der Waals surface area contributed by atoms with Crippen molar-refractivity contribution in [3.8, 4) is 16.4 Å². The average molecular weight is 572 g/mol. The van der Waals surface area contributed by atoms with Crippen LogP contribution in [0.1, 0.15) is 64.5 Å². The van der Waals surface area contributed by atoms with Crippen LogP contribution in [0, 0.1) is 11.7 Å². The fraction of sp³-hybridized carbons (Fsp3) is 0.296. The lowest BCUT2D eigenvalue weighted by Crippen LogP contribution is -2.12.